The fourth-order valence-corrected chi connectivity index (χ4v) is 2.02. The molecule has 0 aromatic carbocycles. The minimum absolute atomic E-state index is 0.663. The first kappa shape index (κ1) is 9.47. The molecule has 11 heavy (non-hydrogen) atoms. The van der Waals surface area contributed by atoms with Gasteiger partial charge in [-0.1, -0.05) is 55.9 Å². The van der Waals surface area contributed by atoms with Crippen molar-refractivity contribution in [3.05, 3.63) is 0 Å². The van der Waals surface area contributed by atoms with Gasteiger partial charge in [-0.3, -0.25) is 0 Å². The standard InChI is InChI=1S/C9H15ClS/c10-9(11)7-6-8-4-2-1-3-5-8/h8H,1-7H2. The van der Waals surface area contributed by atoms with Crippen LogP contribution in [0.1, 0.15) is 44.9 Å². The molecule has 1 aliphatic carbocycles. The number of hydrogen-bond acceptors (Lipinski definition) is 1. The third kappa shape index (κ3) is 4.07. The average Bonchev–Trinajstić information content (AvgIpc) is 2.03. The van der Waals surface area contributed by atoms with Crippen LogP contribution in [0.3, 0.4) is 0 Å². The molecule has 0 saturated heterocycles. The van der Waals surface area contributed by atoms with Gasteiger partial charge in [0.05, 0.1) is 4.32 Å². The van der Waals surface area contributed by atoms with Crippen LogP contribution in [0.15, 0.2) is 0 Å². The molecular weight excluding hydrogens is 176 g/mol. The van der Waals surface area contributed by atoms with Gasteiger partial charge in [-0.05, 0) is 18.8 Å². The van der Waals surface area contributed by atoms with Crippen LogP contribution in [0.5, 0.6) is 0 Å². The molecule has 0 N–H and O–H groups in total. The van der Waals surface area contributed by atoms with E-state index in [-0.39, 0.29) is 0 Å². The number of thiocarbonyl (C=S) groups is 1. The van der Waals surface area contributed by atoms with Crippen molar-refractivity contribution in [2.45, 2.75) is 44.9 Å². The second-order valence-electron chi connectivity index (χ2n) is 3.40. The molecule has 0 atom stereocenters. The summed E-state index contributed by atoms with van der Waals surface area (Å²) in [7, 11) is 0. The minimum atomic E-state index is 0.663. The first-order valence-electron chi connectivity index (χ1n) is 4.47. The lowest BCUT2D eigenvalue weighted by Gasteiger charge is -2.20. The average molecular weight is 191 g/mol. The van der Waals surface area contributed by atoms with Crippen molar-refractivity contribution < 1.29 is 0 Å². The van der Waals surface area contributed by atoms with Gasteiger partial charge in [0.15, 0.2) is 0 Å². The molecule has 1 saturated carbocycles. The lowest BCUT2D eigenvalue weighted by Crippen LogP contribution is -2.06. The highest BCUT2D eigenvalue weighted by atomic mass is 35.5. The summed E-state index contributed by atoms with van der Waals surface area (Å²) in [6, 6.07) is 0. The second-order valence-corrected chi connectivity index (χ2v) is 4.57. The maximum absolute atomic E-state index is 5.63. The highest BCUT2D eigenvalue weighted by molar-refractivity contribution is 7.83. The Labute approximate surface area is 79.3 Å². The van der Waals surface area contributed by atoms with Crippen LogP contribution >= 0.6 is 23.8 Å². The van der Waals surface area contributed by atoms with Crippen LogP contribution in [0.2, 0.25) is 0 Å². The molecule has 2 heteroatoms. The van der Waals surface area contributed by atoms with Crippen molar-refractivity contribution in [3.8, 4) is 0 Å². The Morgan fingerprint density at radius 1 is 1.27 bits per heavy atom. The predicted molar refractivity (Wildman–Crippen MR) is 54.3 cm³/mol. The summed E-state index contributed by atoms with van der Waals surface area (Å²) >= 11 is 10.5. The largest absolute Gasteiger partial charge is 0.0808 e. The van der Waals surface area contributed by atoms with Crippen molar-refractivity contribution in [1.29, 1.82) is 0 Å². The molecule has 1 aliphatic rings. The molecular formula is C9H15ClS. The Balaban J connectivity index is 2.09. The van der Waals surface area contributed by atoms with Crippen molar-refractivity contribution in [3.63, 3.8) is 0 Å². The summed E-state index contributed by atoms with van der Waals surface area (Å²) in [5.41, 5.74) is 0. The topological polar surface area (TPSA) is 0 Å². The fourth-order valence-electron chi connectivity index (χ4n) is 1.79. The van der Waals surface area contributed by atoms with Gasteiger partial charge in [0, 0.05) is 0 Å². The monoisotopic (exact) mass is 190 g/mol. The van der Waals surface area contributed by atoms with Crippen molar-refractivity contribution in [2.75, 3.05) is 0 Å². The Kier molecular flexibility index (Phi) is 4.39. The SMILES string of the molecule is S=C(Cl)CCC1CCCCC1. The summed E-state index contributed by atoms with van der Waals surface area (Å²) in [6.07, 6.45) is 9.24. The van der Waals surface area contributed by atoms with E-state index in [1.54, 1.807) is 0 Å². The quantitative estimate of drug-likeness (QED) is 0.480. The van der Waals surface area contributed by atoms with Crippen LogP contribution in [-0.4, -0.2) is 4.32 Å². The summed E-state index contributed by atoms with van der Waals surface area (Å²) in [5, 5.41) is 0. The number of hydrogen-bond donors (Lipinski definition) is 0. The molecule has 0 aliphatic heterocycles. The van der Waals surface area contributed by atoms with Crippen LogP contribution < -0.4 is 0 Å². The van der Waals surface area contributed by atoms with E-state index in [1.807, 2.05) is 0 Å². The van der Waals surface area contributed by atoms with Gasteiger partial charge >= 0.3 is 0 Å². The van der Waals surface area contributed by atoms with Gasteiger partial charge in [0.25, 0.3) is 0 Å². The van der Waals surface area contributed by atoms with E-state index in [2.05, 4.69) is 0 Å². The van der Waals surface area contributed by atoms with Gasteiger partial charge < -0.3 is 0 Å². The Hall–Kier alpha value is 0.380. The predicted octanol–water partition coefficient (Wildman–Crippen LogP) is 3.91. The highest BCUT2D eigenvalue weighted by Gasteiger charge is 2.12. The summed E-state index contributed by atoms with van der Waals surface area (Å²) in [4.78, 5) is 0. The molecule has 0 amide bonds. The van der Waals surface area contributed by atoms with Gasteiger partial charge in [0.2, 0.25) is 0 Å². The smallest absolute Gasteiger partial charge is 0.0765 e. The van der Waals surface area contributed by atoms with E-state index < -0.39 is 0 Å². The van der Waals surface area contributed by atoms with Crippen LogP contribution in [0, 0.1) is 5.92 Å². The van der Waals surface area contributed by atoms with Crippen molar-refractivity contribution >= 4 is 28.1 Å². The molecule has 0 spiro atoms. The molecule has 0 unspecified atom stereocenters. The molecule has 0 aromatic rings. The number of rotatable bonds is 3. The lowest BCUT2D eigenvalue weighted by atomic mass is 9.86. The summed E-state index contributed by atoms with van der Waals surface area (Å²) in [5.74, 6) is 0.917. The van der Waals surface area contributed by atoms with Crippen LogP contribution in [0.25, 0.3) is 0 Å². The summed E-state index contributed by atoms with van der Waals surface area (Å²) < 4.78 is 0.663. The Morgan fingerprint density at radius 3 is 2.45 bits per heavy atom. The highest BCUT2D eigenvalue weighted by Crippen LogP contribution is 2.27. The Bertz CT molecular complexity index is 128. The normalized spacial score (nSPS) is 20.1. The zero-order chi connectivity index (χ0) is 8.10. The Morgan fingerprint density at radius 2 is 1.91 bits per heavy atom. The number of halogens is 1. The first-order chi connectivity index (χ1) is 5.29. The zero-order valence-corrected chi connectivity index (χ0v) is 8.39. The van der Waals surface area contributed by atoms with Gasteiger partial charge in [-0.2, -0.15) is 0 Å². The zero-order valence-electron chi connectivity index (χ0n) is 6.81. The third-order valence-corrected chi connectivity index (χ3v) is 2.87. The lowest BCUT2D eigenvalue weighted by molar-refractivity contribution is 0.344. The van der Waals surface area contributed by atoms with E-state index >= 15 is 0 Å². The summed E-state index contributed by atoms with van der Waals surface area (Å²) in [6.45, 7) is 0. The van der Waals surface area contributed by atoms with E-state index in [9.17, 15) is 0 Å². The van der Waals surface area contributed by atoms with E-state index in [0.717, 1.165) is 12.3 Å². The molecule has 64 valence electrons. The van der Waals surface area contributed by atoms with Crippen LogP contribution in [0.4, 0.5) is 0 Å². The van der Waals surface area contributed by atoms with Crippen molar-refractivity contribution in [2.24, 2.45) is 5.92 Å². The van der Waals surface area contributed by atoms with Gasteiger partial charge in [-0.15, -0.1) is 0 Å². The molecule has 0 radical (unpaired) electrons. The van der Waals surface area contributed by atoms with E-state index in [1.165, 1.54) is 38.5 Å². The van der Waals surface area contributed by atoms with Crippen LogP contribution in [-0.2, 0) is 0 Å². The van der Waals surface area contributed by atoms with Gasteiger partial charge in [-0.25, -0.2) is 0 Å². The van der Waals surface area contributed by atoms with Crippen molar-refractivity contribution in [1.82, 2.24) is 0 Å². The second kappa shape index (κ2) is 5.10. The molecule has 0 aromatic heterocycles. The fraction of sp³-hybridized carbons (Fsp3) is 0.889. The molecule has 0 heterocycles. The molecule has 0 bridgehead atoms. The molecule has 0 nitrogen and oxygen atoms in total. The molecule has 1 rings (SSSR count). The van der Waals surface area contributed by atoms with E-state index in [4.69, 9.17) is 23.8 Å². The molecule has 1 fully saturated rings. The maximum atomic E-state index is 5.63. The minimum Gasteiger partial charge on any atom is -0.0765 e. The van der Waals surface area contributed by atoms with Gasteiger partial charge in [0.1, 0.15) is 0 Å². The van der Waals surface area contributed by atoms with E-state index in [0.29, 0.717) is 4.32 Å². The first-order valence-corrected chi connectivity index (χ1v) is 5.26. The third-order valence-electron chi connectivity index (χ3n) is 2.47. The maximum Gasteiger partial charge on any atom is 0.0808 e.